The number of hydrogen-bond donors (Lipinski definition) is 1. The van der Waals surface area contributed by atoms with Gasteiger partial charge in [-0.1, -0.05) is 159 Å². The Hall–Kier alpha value is -2.71. The lowest BCUT2D eigenvalue weighted by Gasteiger charge is -2.31. The number of allylic oxidation sites excluding steroid dienone is 8. The number of carboxylic acids is 1. The van der Waals surface area contributed by atoms with Crippen LogP contribution >= 0.6 is 0 Å². The zero-order valence-electron chi connectivity index (χ0n) is 36.1. The summed E-state index contributed by atoms with van der Waals surface area (Å²) in [6.07, 6.45) is 44.4. The Balaban J connectivity index is 4.39. The number of carboxylic acid groups (broad SMARTS) is 1. The van der Waals surface area contributed by atoms with Gasteiger partial charge in [0.25, 0.3) is 0 Å². The molecule has 8 nitrogen and oxygen atoms in total. The Morgan fingerprint density at radius 2 is 1.02 bits per heavy atom. The number of rotatable bonds is 39. The molecule has 8 heteroatoms. The van der Waals surface area contributed by atoms with Crippen molar-refractivity contribution in [2.45, 2.75) is 193 Å². The minimum atomic E-state index is -0.881. The van der Waals surface area contributed by atoms with Crippen LogP contribution in [0.15, 0.2) is 48.6 Å². The van der Waals surface area contributed by atoms with Crippen LogP contribution in [-0.2, 0) is 28.6 Å². The maximum Gasteiger partial charge on any atom is 0.362 e. The van der Waals surface area contributed by atoms with Crippen LogP contribution in [0.25, 0.3) is 0 Å². The number of carbonyl (C=O) groups is 3. The number of unbranched alkanes of at least 4 members (excludes halogenated alkanes) is 17. The third-order valence-corrected chi connectivity index (χ3v) is 9.74. The Morgan fingerprint density at radius 3 is 1.51 bits per heavy atom. The molecule has 0 aliphatic rings. The van der Waals surface area contributed by atoms with Gasteiger partial charge in [0.15, 0.2) is 12.1 Å². The molecule has 0 heterocycles. The van der Waals surface area contributed by atoms with Crippen LogP contribution in [0.3, 0.4) is 0 Å². The van der Waals surface area contributed by atoms with Gasteiger partial charge in [0.2, 0.25) is 0 Å². The molecule has 2 unspecified atom stereocenters. The number of nitrogens with zero attached hydrogens (tertiary/aromatic N) is 1. The molecule has 0 aromatic rings. The predicted octanol–water partition coefficient (Wildman–Crippen LogP) is 12.0. The summed E-state index contributed by atoms with van der Waals surface area (Å²) in [6, 6.07) is -0.620. The summed E-state index contributed by atoms with van der Waals surface area (Å²) >= 11 is 0. The van der Waals surface area contributed by atoms with E-state index >= 15 is 0 Å². The molecular formula is C47H84NO7+. The van der Waals surface area contributed by atoms with Crippen LogP contribution in [0.4, 0.5) is 0 Å². The molecule has 0 aliphatic carbocycles. The van der Waals surface area contributed by atoms with Gasteiger partial charge in [0.05, 0.1) is 34.4 Å². The molecule has 0 amide bonds. The van der Waals surface area contributed by atoms with Crippen molar-refractivity contribution in [3.8, 4) is 0 Å². The number of hydrogen-bond acceptors (Lipinski definition) is 6. The molecule has 0 spiro atoms. The zero-order chi connectivity index (χ0) is 40.7. The van der Waals surface area contributed by atoms with Crippen LogP contribution in [0.2, 0.25) is 0 Å². The largest absolute Gasteiger partial charge is 0.477 e. The number of likely N-dealkylation sites (N-methyl/N-ethyl adjacent to an activating group) is 1. The summed E-state index contributed by atoms with van der Waals surface area (Å²) in [5, 5.41) is 9.62. The predicted molar refractivity (Wildman–Crippen MR) is 229 cm³/mol. The summed E-state index contributed by atoms with van der Waals surface area (Å²) in [6.45, 7) is 4.59. The van der Waals surface area contributed by atoms with Crippen molar-refractivity contribution in [3.05, 3.63) is 48.6 Å². The highest BCUT2D eigenvalue weighted by molar-refractivity contribution is 5.72. The second-order valence-corrected chi connectivity index (χ2v) is 15.9. The highest BCUT2D eigenvalue weighted by Crippen LogP contribution is 2.15. The topological polar surface area (TPSA) is 99.1 Å². The molecule has 318 valence electrons. The van der Waals surface area contributed by atoms with Gasteiger partial charge in [-0.25, -0.2) is 4.79 Å². The standard InChI is InChI=1S/C47H83NO7/c1-6-8-10-12-14-16-18-20-22-24-26-28-30-32-34-36-38-46(50)55-43(41-53-40-39-44(47(51)52)48(3,4)5)42-54-45(49)37-35-33-31-29-27-25-23-21-19-17-15-13-11-9-7-2/h8,10,14,16,20,22,26,28,43-44H,6-7,9,11-13,15,17-19,21,23-25,27,29-42H2,1-5H3/p+1/b10-8+,16-14+,22-20+,28-26+. The fourth-order valence-electron chi connectivity index (χ4n) is 6.32. The van der Waals surface area contributed by atoms with Crippen LogP contribution in [-0.4, -0.2) is 80.6 Å². The highest BCUT2D eigenvalue weighted by Gasteiger charge is 2.31. The summed E-state index contributed by atoms with van der Waals surface area (Å²) in [4.78, 5) is 37.0. The normalized spacial score (nSPS) is 13.4. The molecule has 0 rings (SSSR count). The first-order valence-electron chi connectivity index (χ1n) is 22.2. The van der Waals surface area contributed by atoms with E-state index in [-0.39, 0.29) is 36.2 Å². The maximum atomic E-state index is 12.7. The molecule has 1 N–H and O–H groups in total. The third-order valence-electron chi connectivity index (χ3n) is 9.74. The van der Waals surface area contributed by atoms with E-state index in [1.807, 2.05) is 21.1 Å². The summed E-state index contributed by atoms with van der Waals surface area (Å²) < 4.78 is 17.2. The fraction of sp³-hybridized carbons (Fsp3) is 0.766. The molecule has 0 aromatic heterocycles. The molecule has 55 heavy (non-hydrogen) atoms. The molecule has 0 radical (unpaired) electrons. The number of aliphatic carboxylic acids is 1. The molecule has 0 saturated heterocycles. The van der Waals surface area contributed by atoms with Gasteiger partial charge in [-0.2, -0.15) is 0 Å². The van der Waals surface area contributed by atoms with E-state index in [9.17, 15) is 19.5 Å². The average molecular weight is 775 g/mol. The molecule has 2 atom stereocenters. The van der Waals surface area contributed by atoms with E-state index in [0.717, 1.165) is 70.6 Å². The Labute approximate surface area is 337 Å². The SMILES string of the molecule is CC/C=C/C/C=C/C/C=C/C/C=C/CCCCCC(=O)OC(COCCC(C(=O)O)[N+](C)(C)C)COC(=O)CCCCCCCCCCCCCCCCC. The van der Waals surface area contributed by atoms with Crippen LogP contribution in [0.1, 0.15) is 181 Å². The summed E-state index contributed by atoms with van der Waals surface area (Å²) in [7, 11) is 5.51. The Kier molecular flexibility index (Phi) is 36.3. The highest BCUT2D eigenvalue weighted by atomic mass is 16.6. The first-order chi connectivity index (χ1) is 26.6. The lowest BCUT2D eigenvalue weighted by molar-refractivity contribution is -0.887. The van der Waals surface area contributed by atoms with Crippen molar-refractivity contribution in [1.29, 1.82) is 0 Å². The Bertz CT molecular complexity index is 1040. The van der Waals surface area contributed by atoms with E-state index in [1.54, 1.807) is 0 Å². The molecule has 0 aliphatic heterocycles. The minimum Gasteiger partial charge on any atom is -0.477 e. The van der Waals surface area contributed by atoms with Crippen LogP contribution in [0, 0.1) is 0 Å². The Morgan fingerprint density at radius 1 is 0.564 bits per heavy atom. The molecule has 0 bridgehead atoms. The minimum absolute atomic E-state index is 0.0489. The second kappa shape index (κ2) is 38.2. The van der Waals surface area contributed by atoms with Crippen molar-refractivity contribution in [2.75, 3.05) is 41.0 Å². The molecule has 0 saturated carbocycles. The number of carbonyl (C=O) groups excluding carboxylic acids is 2. The van der Waals surface area contributed by atoms with E-state index in [2.05, 4.69) is 62.5 Å². The molecule has 0 aromatic carbocycles. The molecule has 0 fully saturated rings. The van der Waals surface area contributed by atoms with Crippen molar-refractivity contribution in [3.63, 3.8) is 0 Å². The summed E-state index contributed by atoms with van der Waals surface area (Å²) in [5.74, 6) is -1.51. The van der Waals surface area contributed by atoms with E-state index < -0.39 is 18.1 Å². The van der Waals surface area contributed by atoms with Gasteiger partial charge in [-0.05, 0) is 51.4 Å². The van der Waals surface area contributed by atoms with E-state index in [1.165, 1.54) is 77.0 Å². The lowest BCUT2D eigenvalue weighted by atomic mass is 10.0. The monoisotopic (exact) mass is 775 g/mol. The lowest BCUT2D eigenvalue weighted by Crippen LogP contribution is -2.50. The average Bonchev–Trinajstić information content (AvgIpc) is 3.14. The number of quaternary nitrogens is 1. The van der Waals surface area contributed by atoms with Gasteiger partial charge in [-0.15, -0.1) is 0 Å². The van der Waals surface area contributed by atoms with Gasteiger partial charge >= 0.3 is 17.9 Å². The zero-order valence-corrected chi connectivity index (χ0v) is 36.1. The van der Waals surface area contributed by atoms with Crippen molar-refractivity contribution >= 4 is 17.9 Å². The summed E-state index contributed by atoms with van der Waals surface area (Å²) in [5.41, 5.74) is 0. The fourth-order valence-corrected chi connectivity index (χ4v) is 6.32. The number of esters is 2. The van der Waals surface area contributed by atoms with E-state index in [4.69, 9.17) is 14.2 Å². The van der Waals surface area contributed by atoms with Gasteiger partial charge in [-0.3, -0.25) is 9.59 Å². The van der Waals surface area contributed by atoms with Crippen molar-refractivity contribution in [2.24, 2.45) is 0 Å². The first kappa shape index (κ1) is 52.3. The second-order valence-electron chi connectivity index (χ2n) is 15.9. The van der Waals surface area contributed by atoms with Gasteiger partial charge in [0.1, 0.15) is 6.61 Å². The smallest absolute Gasteiger partial charge is 0.362 e. The van der Waals surface area contributed by atoms with Crippen LogP contribution in [0.5, 0.6) is 0 Å². The van der Waals surface area contributed by atoms with Crippen LogP contribution < -0.4 is 0 Å². The first-order valence-corrected chi connectivity index (χ1v) is 22.2. The molecular weight excluding hydrogens is 691 g/mol. The van der Waals surface area contributed by atoms with Crippen molar-refractivity contribution in [1.82, 2.24) is 0 Å². The van der Waals surface area contributed by atoms with E-state index in [0.29, 0.717) is 19.3 Å². The maximum absolute atomic E-state index is 12.7. The van der Waals surface area contributed by atoms with Crippen molar-refractivity contribution < 1.29 is 38.2 Å². The quantitative estimate of drug-likeness (QED) is 0.0287. The van der Waals surface area contributed by atoms with Gasteiger partial charge < -0.3 is 23.8 Å². The van der Waals surface area contributed by atoms with Gasteiger partial charge in [0, 0.05) is 19.3 Å². The third kappa shape index (κ3) is 36.7. The number of ether oxygens (including phenoxy) is 3.